The third kappa shape index (κ3) is 4.01. The van der Waals surface area contributed by atoms with Crippen molar-refractivity contribution in [2.45, 2.75) is 19.0 Å². The Morgan fingerprint density at radius 2 is 2.09 bits per heavy atom. The maximum Gasteiger partial charge on any atom is 0.282 e. The molecule has 2 aliphatic heterocycles. The smallest absolute Gasteiger partial charge is 0.282 e. The molecule has 0 aliphatic carbocycles. The molecule has 3 rings (SSSR count). The summed E-state index contributed by atoms with van der Waals surface area (Å²) >= 11 is 1.29. The molecule has 6 heteroatoms. The minimum absolute atomic E-state index is 0.0206. The van der Waals surface area contributed by atoms with Gasteiger partial charge in [0.1, 0.15) is 6.54 Å². The predicted octanol–water partition coefficient (Wildman–Crippen LogP) is 1.55. The van der Waals surface area contributed by atoms with Gasteiger partial charge in [0.15, 0.2) is 0 Å². The molecule has 1 aromatic carbocycles. The van der Waals surface area contributed by atoms with Gasteiger partial charge >= 0.3 is 0 Å². The summed E-state index contributed by atoms with van der Waals surface area (Å²) in [4.78, 5) is 27.5. The fourth-order valence-electron chi connectivity index (χ4n) is 2.95. The number of thioether (sulfide) groups is 1. The summed E-state index contributed by atoms with van der Waals surface area (Å²) in [6, 6.07) is 10.6. The fraction of sp³-hybridized carbons (Fsp3) is 0.500. The monoisotopic (exact) mass is 319 g/mol. The summed E-state index contributed by atoms with van der Waals surface area (Å²) < 4.78 is 0. The highest BCUT2D eigenvalue weighted by molar-refractivity contribution is 8.13. The van der Waals surface area contributed by atoms with Crippen LogP contribution in [0.2, 0.25) is 0 Å². The molecule has 0 bridgehead atoms. The third-order valence-corrected chi connectivity index (χ3v) is 4.96. The van der Waals surface area contributed by atoms with E-state index >= 15 is 0 Å². The van der Waals surface area contributed by atoms with Crippen molar-refractivity contribution in [3.8, 4) is 0 Å². The lowest BCUT2D eigenvalue weighted by atomic mass is 10.2. The van der Waals surface area contributed by atoms with Gasteiger partial charge in [0, 0.05) is 38.0 Å². The van der Waals surface area contributed by atoms with Crippen LogP contribution in [0.4, 0.5) is 4.79 Å². The molecule has 1 atom stereocenters. The number of carbonyl (C=O) groups is 2. The van der Waals surface area contributed by atoms with Crippen LogP contribution in [-0.4, -0.2) is 58.9 Å². The van der Waals surface area contributed by atoms with Crippen LogP contribution in [0, 0.1) is 0 Å². The summed E-state index contributed by atoms with van der Waals surface area (Å²) in [5.74, 6) is 0.753. The van der Waals surface area contributed by atoms with E-state index in [1.165, 1.54) is 17.3 Å². The van der Waals surface area contributed by atoms with E-state index in [1.807, 2.05) is 6.07 Å². The van der Waals surface area contributed by atoms with Crippen LogP contribution in [0.5, 0.6) is 0 Å². The number of rotatable bonds is 5. The third-order valence-electron chi connectivity index (χ3n) is 4.07. The topological polar surface area (TPSA) is 52.7 Å². The maximum atomic E-state index is 12.0. The highest BCUT2D eigenvalue weighted by Gasteiger charge is 2.27. The molecule has 1 aromatic rings. The lowest BCUT2D eigenvalue weighted by Gasteiger charge is -2.18. The minimum Gasteiger partial charge on any atom is -0.350 e. The molecule has 2 saturated heterocycles. The molecule has 118 valence electrons. The molecule has 1 N–H and O–H groups in total. The summed E-state index contributed by atoms with van der Waals surface area (Å²) in [6.07, 6.45) is 0.973. The molecule has 0 radical (unpaired) electrons. The Balaban J connectivity index is 1.42. The number of amides is 2. The largest absolute Gasteiger partial charge is 0.350 e. The fourth-order valence-corrected chi connectivity index (χ4v) is 3.78. The van der Waals surface area contributed by atoms with Crippen molar-refractivity contribution in [3.05, 3.63) is 35.9 Å². The molecule has 0 saturated carbocycles. The van der Waals surface area contributed by atoms with Crippen molar-refractivity contribution in [2.75, 3.05) is 31.9 Å². The van der Waals surface area contributed by atoms with Crippen LogP contribution in [0.1, 0.15) is 12.0 Å². The molecule has 2 heterocycles. The van der Waals surface area contributed by atoms with Crippen molar-refractivity contribution in [2.24, 2.45) is 0 Å². The van der Waals surface area contributed by atoms with E-state index in [-0.39, 0.29) is 23.7 Å². The zero-order valence-electron chi connectivity index (χ0n) is 12.5. The van der Waals surface area contributed by atoms with Gasteiger partial charge in [-0.15, -0.1) is 0 Å². The van der Waals surface area contributed by atoms with E-state index in [2.05, 4.69) is 34.5 Å². The number of nitrogens with one attached hydrogen (secondary N) is 1. The van der Waals surface area contributed by atoms with Gasteiger partial charge in [0.2, 0.25) is 5.91 Å². The number of likely N-dealkylation sites (tertiary alicyclic amines) is 1. The Kier molecular flexibility index (Phi) is 5.00. The zero-order valence-corrected chi connectivity index (χ0v) is 13.3. The van der Waals surface area contributed by atoms with Crippen LogP contribution in [0.15, 0.2) is 30.3 Å². The Labute approximate surface area is 135 Å². The Hall–Kier alpha value is -1.53. The standard InChI is InChI=1S/C16H21N3O2S/c20-15(12-19-8-9-22-16(19)21)17-14-6-7-18(11-14)10-13-4-2-1-3-5-13/h1-5,14H,6-12H2,(H,17,20)/t14-/m1/s1. The molecular formula is C16H21N3O2S. The first-order chi connectivity index (χ1) is 10.7. The number of benzene rings is 1. The van der Waals surface area contributed by atoms with Gasteiger partial charge in [-0.25, -0.2) is 0 Å². The normalized spacial score (nSPS) is 22.3. The maximum absolute atomic E-state index is 12.0. The number of carbonyl (C=O) groups excluding carboxylic acids is 2. The Morgan fingerprint density at radius 1 is 1.27 bits per heavy atom. The van der Waals surface area contributed by atoms with Gasteiger partial charge in [0.25, 0.3) is 5.24 Å². The molecule has 2 aliphatic rings. The van der Waals surface area contributed by atoms with Gasteiger partial charge in [-0.1, -0.05) is 42.1 Å². The molecule has 0 aromatic heterocycles. The van der Waals surface area contributed by atoms with Crippen molar-refractivity contribution in [3.63, 3.8) is 0 Å². The van der Waals surface area contributed by atoms with Crippen molar-refractivity contribution < 1.29 is 9.59 Å². The Bertz CT molecular complexity index is 537. The number of nitrogens with zero attached hydrogens (tertiary/aromatic N) is 2. The van der Waals surface area contributed by atoms with E-state index in [4.69, 9.17) is 0 Å². The van der Waals surface area contributed by atoms with Crippen LogP contribution in [0.3, 0.4) is 0 Å². The van der Waals surface area contributed by atoms with E-state index < -0.39 is 0 Å². The molecule has 5 nitrogen and oxygen atoms in total. The zero-order chi connectivity index (χ0) is 15.4. The van der Waals surface area contributed by atoms with Gasteiger partial charge in [0.05, 0.1) is 0 Å². The molecule has 0 unspecified atom stereocenters. The minimum atomic E-state index is -0.0394. The van der Waals surface area contributed by atoms with E-state index in [1.54, 1.807) is 4.90 Å². The average molecular weight is 319 g/mol. The summed E-state index contributed by atoms with van der Waals surface area (Å²) in [5.41, 5.74) is 1.30. The van der Waals surface area contributed by atoms with Crippen LogP contribution >= 0.6 is 11.8 Å². The first-order valence-corrected chi connectivity index (χ1v) is 8.66. The lowest BCUT2D eigenvalue weighted by molar-refractivity contribution is -0.122. The van der Waals surface area contributed by atoms with E-state index in [0.717, 1.165) is 31.8 Å². The van der Waals surface area contributed by atoms with Crippen LogP contribution in [0.25, 0.3) is 0 Å². The number of hydrogen-bond donors (Lipinski definition) is 1. The second kappa shape index (κ2) is 7.15. The summed E-state index contributed by atoms with van der Waals surface area (Å²) in [7, 11) is 0. The SMILES string of the molecule is O=C(CN1CCSC1=O)N[C@@H]1CCN(Cc2ccccc2)C1. The molecule has 2 fully saturated rings. The quantitative estimate of drug-likeness (QED) is 0.894. The highest BCUT2D eigenvalue weighted by atomic mass is 32.2. The van der Waals surface area contributed by atoms with Gasteiger partial charge in [-0.2, -0.15) is 0 Å². The van der Waals surface area contributed by atoms with Crippen LogP contribution < -0.4 is 5.32 Å². The Morgan fingerprint density at radius 3 is 2.82 bits per heavy atom. The van der Waals surface area contributed by atoms with Gasteiger partial charge in [-0.3, -0.25) is 14.5 Å². The average Bonchev–Trinajstić information content (AvgIpc) is 3.10. The van der Waals surface area contributed by atoms with Crippen molar-refractivity contribution in [1.29, 1.82) is 0 Å². The predicted molar refractivity (Wildman–Crippen MR) is 87.7 cm³/mol. The summed E-state index contributed by atoms with van der Waals surface area (Å²) in [5, 5.41) is 3.08. The van der Waals surface area contributed by atoms with Crippen LogP contribution in [-0.2, 0) is 11.3 Å². The number of hydrogen-bond acceptors (Lipinski definition) is 4. The molecule has 2 amide bonds. The van der Waals surface area contributed by atoms with E-state index in [0.29, 0.717) is 6.54 Å². The molecule has 0 spiro atoms. The van der Waals surface area contributed by atoms with Gasteiger partial charge < -0.3 is 10.2 Å². The molecule has 22 heavy (non-hydrogen) atoms. The van der Waals surface area contributed by atoms with Gasteiger partial charge in [-0.05, 0) is 12.0 Å². The lowest BCUT2D eigenvalue weighted by Crippen LogP contribution is -2.43. The summed E-state index contributed by atoms with van der Waals surface area (Å²) in [6.45, 7) is 3.68. The second-order valence-corrected chi connectivity index (χ2v) is 6.86. The highest BCUT2D eigenvalue weighted by Crippen LogP contribution is 2.17. The van der Waals surface area contributed by atoms with Crippen molar-refractivity contribution >= 4 is 22.9 Å². The van der Waals surface area contributed by atoms with Crippen molar-refractivity contribution in [1.82, 2.24) is 15.1 Å². The second-order valence-electron chi connectivity index (χ2n) is 5.81. The molecular weight excluding hydrogens is 298 g/mol. The first-order valence-electron chi connectivity index (χ1n) is 7.68. The first kappa shape index (κ1) is 15.4. The van der Waals surface area contributed by atoms with E-state index in [9.17, 15) is 9.59 Å².